The minimum absolute atomic E-state index is 0.207. The lowest BCUT2D eigenvalue weighted by Crippen LogP contribution is -2.50. The van der Waals surface area contributed by atoms with Gasteiger partial charge >= 0.3 is 0 Å². The molecular weight excluding hydrogens is 290 g/mol. The second-order valence-electron chi connectivity index (χ2n) is 6.33. The molecule has 0 aromatic heterocycles. The fraction of sp³-hybridized carbons (Fsp3) is 0.533. The van der Waals surface area contributed by atoms with Crippen LogP contribution in [0.15, 0.2) is 29.2 Å². The predicted molar refractivity (Wildman–Crippen MR) is 79.3 cm³/mol. The molecule has 1 fully saturated rings. The normalized spacial score (nSPS) is 22.7. The van der Waals surface area contributed by atoms with E-state index in [9.17, 15) is 13.2 Å². The maximum absolute atomic E-state index is 12.7. The van der Waals surface area contributed by atoms with E-state index in [0.29, 0.717) is 19.4 Å². The van der Waals surface area contributed by atoms with Crippen LogP contribution in [0.4, 0.5) is 0 Å². The van der Waals surface area contributed by atoms with Crippen molar-refractivity contribution >= 4 is 16.5 Å². The van der Waals surface area contributed by atoms with Crippen LogP contribution in [0.5, 0.6) is 0 Å². The highest BCUT2D eigenvalue weighted by Crippen LogP contribution is 2.33. The van der Waals surface area contributed by atoms with Crippen molar-refractivity contribution in [2.24, 2.45) is 5.41 Å². The Hall–Kier alpha value is -1.40. The Kier molecular flexibility index (Phi) is 4.39. The first-order valence-electron chi connectivity index (χ1n) is 6.90. The van der Waals surface area contributed by atoms with E-state index in [1.807, 2.05) is 20.8 Å². The summed E-state index contributed by atoms with van der Waals surface area (Å²) in [5.74, 6) is 0. The number of nitrogens with zero attached hydrogens (tertiary/aromatic N) is 1. The predicted octanol–water partition coefficient (Wildman–Crippen LogP) is 1.96. The van der Waals surface area contributed by atoms with Gasteiger partial charge in [-0.3, -0.25) is 4.79 Å². The Morgan fingerprint density at radius 1 is 1.29 bits per heavy atom. The molecule has 0 N–H and O–H groups in total. The lowest BCUT2D eigenvalue weighted by atomic mass is 9.84. The SMILES string of the molecule is Cc1ccc(S(=O)(=O)N2CC(OC=O)CC(C)(C)C2)cc1. The average Bonchev–Trinajstić information content (AvgIpc) is 2.37. The Labute approximate surface area is 126 Å². The molecule has 0 bridgehead atoms. The maximum atomic E-state index is 12.7. The van der Waals surface area contributed by atoms with Crippen molar-refractivity contribution in [3.8, 4) is 0 Å². The van der Waals surface area contributed by atoms with Gasteiger partial charge < -0.3 is 4.74 Å². The molecule has 0 saturated carbocycles. The van der Waals surface area contributed by atoms with E-state index in [4.69, 9.17) is 4.74 Å². The monoisotopic (exact) mass is 311 g/mol. The van der Waals surface area contributed by atoms with Gasteiger partial charge in [-0.15, -0.1) is 0 Å². The molecule has 1 aromatic rings. The smallest absolute Gasteiger partial charge is 0.293 e. The van der Waals surface area contributed by atoms with E-state index >= 15 is 0 Å². The minimum atomic E-state index is -3.56. The number of benzene rings is 1. The van der Waals surface area contributed by atoms with Crippen molar-refractivity contribution in [3.63, 3.8) is 0 Å². The van der Waals surface area contributed by atoms with Gasteiger partial charge in [0.05, 0.1) is 11.4 Å². The zero-order valence-electron chi connectivity index (χ0n) is 12.6. The Morgan fingerprint density at radius 3 is 2.48 bits per heavy atom. The molecular formula is C15H21NO4S. The van der Waals surface area contributed by atoms with Gasteiger partial charge in [-0.1, -0.05) is 31.5 Å². The third kappa shape index (κ3) is 3.63. The standard InChI is InChI=1S/C15H21NO4S/c1-12-4-6-14(7-5-12)21(18,19)16-9-13(20-11-17)8-15(2,3)10-16/h4-7,11,13H,8-10H2,1-3H3. The number of sulfonamides is 1. The molecule has 2 rings (SSSR count). The van der Waals surface area contributed by atoms with Crippen LogP contribution >= 0.6 is 0 Å². The van der Waals surface area contributed by atoms with Crippen LogP contribution in [-0.2, 0) is 19.6 Å². The van der Waals surface area contributed by atoms with Crippen molar-refractivity contribution in [3.05, 3.63) is 29.8 Å². The van der Waals surface area contributed by atoms with Gasteiger partial charge in [-0.05, 0) is 30.9 Å². The first-order valence-corrected chi connectivity index (χ1v) is 8.34. The molecule has 1 aliphatic heterocycles. The van der Waals surface area contributed by atoms with Gasteiger partial charge in [0, 0.05) is 6.54 Å². The highest BCUT2D eigenvalue weighted by Gasteiger charge is 2.39. The lowest BCUT2D eigenvalue weighted by Gasteiger charge is -2.40. The summed E-state index contributed by atoms with van der Waals surface area (Å²) in [6.45, 7) is 6.88. The number of carbonyl (C=O) groups excluding carboxylic acids is 1. The second kappa shape index (κ2) is 5.77. The summed E-state index contributed by atoms with van der Waals surface area (Å²) in [5.41, 5.74) is 0.777. The van der Waals surface area contributed by atoms with Gasteiger partial charge in [0.15, 0.2) is 0 Å². The zero-order chi connectivity index (χ0) is 15.7. The van der Waals surface area contributed by atoms with Crippen LogP contribution in [0, 0.1) is 12.3 Å². The van der Waals surface area contributed by atoms with Crippen LogP contribution in [0.1, 0.15) is 25.8 Å². The Balaban J connectivity index is 2.29. The highest BCUT2D eigenvalue weighted by atomic mass is 32.2. The average molecular weight is 311 g/mol. The van der Waals surface area contributed by atoms with Crippen molar-refractivity contribution in [1.82, 2.24) is 4.31 Å². The number of piperidine rings is 1. The number of hydrogen-bond donors (Lipinski definition) is 0. The van der Waals surface area contributed by atoms with Crippen LogP contribution in [0.25, 0.3) is 0 Å². The molecule has 1 aromatic carbocycles. The van der Waals surface area contributed by atoms with Crippen molar-refractivity contribution < 1.29 is 17.9 Å². The van der Waals surface area contributed by atoms with E-state index < -0.39 is 16.1 Å². The van der Waals surface area contributed by atoms with E-state index in [1.54, 1.807) is 24.3 Å². The summed E-state index contributed by atoms with van der Waals surface area (Å²) in [5, 5.41) is 0. The number of carbonyl (C=O) groups is 1. The molecule has 1 heterocycles. The highest BCUT2D eigenvalue weighted by molar-refractivity contribution is 7.89. The lowest BCUT2D eigenvalue weighted by molar-refractivity contribution is -0.137. The summed E-state index contributed by atoms with van der Waals surface area (Å²) >= 11 is 0. The quantitative estimate of drug-likeness (QED) is 0.797. The first kappa shape index (κ1) is 16.0. The molecule has 0 spiro atoms. The minimum Gasteiger partial charge on any atom is -0.463 e. The van der Waals surface area contributed by atoms with E-state index in [0.717, 1.165) is 5.56 Å². The molecule has 116 valence electrons. The molecule has 1 aliphatic rings. The summed E-state index contributed by atoms with van der Waals surface area (Å²) in [7, 11) is -3.56. The number of aryl methyl sites for hydroxylation is 1. The van der Waals surface area contributed by atoms with Crippen molar-refractivity contribution in [2.45, 2.75) is 38.2 Å². The molecule has 5 nitrogen and oxygen atoms in total. The topological polar surface area (TPSA) is 63.7 Å². The number of hydrogen-bond acceptors (Lipinski definition) is 4. The largest absolute Gasteiger partial charge is 0.463 e. The van der Waals surface area contributed by atoms with E-state index in [1.165, 1.54) is 4.31 Å². The molecule has 21 heavy (non-hydrogen) atoms. The van der Waals surface area contributed by atoms with Crippen LogP contribution in [0.3, 0.4) is 0 Å². The first-order chi connectivity index (χ1) is 9.74. The van der Waals surface area contributed by atoms with Crippen LogP contribution in [-0.4, -0.2) is 38.4 Å². The molecule has 0 amide bonds. The fourth-order valence-corrected chi connectivity index (χ4v) is 4.39. The van der Waals surface area contributed by atoms with E-state index in [2.05, 4.69) is 0 Å². The summed E-state index contributed by atoms with van der Waals surface area (Å²) in [6, 6.07) is 6.78. The van der Waals surface area contributed by atoms with Crippen LogP contribution < -0.4 is 0 Å². The maximum Gasteiger partial charge on any atom is 0.293 e. The molecule has 1 atom stereocenters. The van der Waals surface area contributed by atoms with Gasteiger partial charge in [0.25, 0.3) is 6.47 Å². The molecule has 1 saturated heterocycles. The third-order valence-electron chi connectivity index (χ3n) is 3.70. The van der Waals surface area contributed by atoms with Crippen LogP contribution in [0.2, 0.25) is 0 Å². The Morgan fingerprint density at radius 2 is 1.90 bits per heavy atom. The number of rotatable bonds is 4. The fourth-order valence-electron chi connectivity index (χ4n) is 2.73. The molecule has 0 radical (unpaired) electrons. The van der Waals surface area contributed by atoms with Gasteiger partial charge in [-0.25, -0.2) is 8.42 Å². The Bertz CT molecular complexity index is 607. The van der Waals surface area contributed by atoms with Gasteiger partial charge in [0.1, 0.15) is 6.10 Å². The summed E-state index contributed by atoms with van der Waals surface area (Å²) < 4.78 is 31.9. The summed E-state index contributed by atoms with van der Waals surface area (Å²) in [4.78, 5) is 10.8. The van der Waals surface area contributed by atoms with Crippen molar-refractivity contribution in [2.75, 3.05) is 13.1 Å². The molecule has 0 aliphatic carbocycles. The second-order valence-corrected chi connectivity index (χ2v) is 8.27. The molecule has 6 heteroatoms. The third-order valence-corrected chi connectivity index (χ3v) is 5.52. The molecule has 1 unspecified atom stereocenters. The van der Waals surface area contributed by atoms with Gasteiger partial charge in [0.2, 0.25) is 10.0 Å². The summed E-state index contributed by atoms with van der Waals surface area (Å²) in [6.07, 6.45) is 0.262. The number of ether oxygens (including phenoxy) is 1. The zero-order valence-corrected chi connectivity index (χ0v) is 13.4. The van der Waals surface area contributed by atoms with E-state index in [-0.39, 0.29) is 16.9 Å². The van der Waals surface area contributed by atoms with Gasteiger partial charge in [-0.2, -0.15) is 4.31 Å². The van der Waals surface area contributed by atoms with Crippen molar-refractivity contribution in [1.29, 1.82) is 0 Å².